The van der Waals surface area contributed by atoms with Gasteiger partial charge in [0, 0.05) is 0 Å². The third-order valence-electron chi connectivity index (χ3n) is 5.15. The van der Waals surface area contributed by atoms with Gasteiger partial charge in [0.05, 0.1) is 6.04 Å². The highest BCUT2D eigenvalue weighted by Crippen LogP contribution is 2.33. The molecule has 1 aliphatic carbocycles. The maximum absolute atomic E-state index is 12.7. The van der Waals surface area contributed by atoms with Gasteiger partial charge >= 0.3 is 6.18 Å². The third kappa shape index (κ3) is 3.65. The molecule has 1 heterocycles. The van der Waals surface area contributed by atoms with Crippen molar-refractivity contribution >= 4 is 11.8 Å². The monoisotopic (exact) mass is 354 g/mol. The minimum atomic E-state index is -4.48. The summed E-state index contributed by atoms with van der Waals surface area (Å²) in [4.78, 5) is 24.4. The number of piperidine rings is 1. The molecular formula is C18H21F3N2O2. The number of rotatable bonds is 2. The quantitative estimate of drug-likeness (QED) is 0.803. The number of nitrogens with one attached hydrogen (secondary N) is 2. The van der Waals surface area contributed by atoms with Gasteiger partial charge in [0.15, 0.2) is 0 Å². The Morgan fingerprint density at radius 2 is 2.00 bits per heavy atom. The molecule has 1 fully saturated rings. The van der Waals surface area contributed by atoms with Gasteiger partial charge < -0.3 is 10.6 Å². The van der Waals surface area contributed by atoms with Gasteiger partial charge in [-0.2, -0.15) is 13.2 Å². The van der Waals surface area contributed by atoms with Crippen LogP contribution in [-0.4, -0.2) is 24.0 Å². The molecule has 2 aliphatic rings. The summed E-state index contributed by atoms with van der Waals surface area (Å²) < 4.78 is 38.1. The smallest absolute Gasteiger partial charge is 0.349 e. The first kappa shape index (κ1) is 17.8. The van der Waals surface area contributed by atoms with Gasteiger partial charge in [-0.15, -0.1) is 0 Å². The van der Waals surface area contributed by atoms with E-state index in [0.29, 0.717) is 0 Å². The first-order valence-corrected chi connectivity index (χ1v) is 8.53. The van der Waals surface area contributed by atoms with Crippen molar-refractivity contribution in [2.24, 2.45) is 5.92 Å². The molecule has 2 amide bonds. The number of benzene rings is 1. The largest absolute Gasteiger partial charge is 0.408 e. The van der Waals surface area contributed by atoms with Crippen LogP contribution in [0.5, 0.6) is 0 Å². The van der Waals surface area contributed by atoms with E-state index < -0.39 is 30.0 Å². The van der Waals surface area contributed by atoms with E-state index in [1.807, 2.05) is 30.4 Å². The Morgan fingerprint density at radius 1 is 1.24 bits per heavy atom. The Balaban J connectivity index is 1.68. The lowest BCUT2D eigenvalue weighted by atomic mass is 9.84. The predicted octanol–water partition coefficient (Wildman–Crippen LogP) is 2.95. The topological polar surface area (TPSA) is 58.2 Å². The van der Waals surface area contributed by atoms with E-state index in [1.165, 1.54) is 11.1 Å². The molecule has 3 unspecified atom stereocenters. The van der Waals surface area contributed by atoms with Gasteiger partial charge in [-0.1, -0.05) is 18.2 Å². The molecule has 1 aromatic rings. The van der Waals surface area contributed by atoms with Crippen LogP contribution in [0.4, 0.5) is 13.2 Å². The molecule has 0 spiro atoms. The third-order valence-corrected chi connectivity index (χ3v) is 5.15. The van der Waals surface area contributed by atoms with Gasteiger partial charge in [-0.25, -0.2) is 0 Å². The van der Waals surface area contributed by atoms with Crippen LogP contribution in [0.25, 0.3) is 0 Å². The fraction of sp³-hybridized carbons (Fsp3) is 0.556. The van der Waals surface area contributed by atoms with Crippen LogP contribution in [-0.2, 0) is 16.0 Å². The highest BCUT2D eigenvalue weighted by molar-refractivity contribution is 6.01. The van der Waals surface area contributed by atoms with Crippen LogP contribution in [0.1, 0.15) is 48.4 Å². The Labute approximate surface area is 144 Å². The van der Waals surface area contributed by atoms with Crippen molar-refractivity contribution in [3.8, 4) is 0 Å². The highest BCUT2D eigenvalue weighted by Gasteiger charge is 2.46. The Kier molecular flexibility index (Phi) is 4.75. The zero-order valence-corrected chi connectivity index (χ0v) is 14.0. The fourth-order valence-corrected chi connectivity index (χ4v) is 3.76. The van der Waals surface area contributed by atoms with Crippen molar-refractivity contribution in [1.29, 1.82) is 0 Å². The van der Waals surface area contributed by atoms with Crippen molar-refractivity contribution < 1.29 is 22.8 Å². The molecule has 1 saturated heterocycles. The Hall–Kier alpha value is -2.05. The van der Waals surface area contributed by atoms with Gasteiger partial charge in [-0.05, 0) is 55.7 Å². The average Bonchev–Trinajstić information content (AvgIpc) is 2.55. The van der Waals surface area contributed by atoms with Crippen molar-refractivity contribution in [3.05, 3.63) is 34.9 Å². The molecule has 0 aromatic heterocycles. The van der Waals surface area contributed by atoms with Crippen molar-refractivity contribution in [3.63, 3.8) is 0 Å². The highest BCUT2D eigenvalue weighted by atomic mass is 19.4. The fourth-order valence-electron chi connectivity index (χ4n) is 3.76. The zero-order valence-electron chi connectivity index (χ0n) is 14.0. The van der Waals surface area contributed by atoms with E-state index in [-0.39, 0.29) is 18.9 Å². The number of carbonyl (C=O) groups excluding carboxylic acids is 2. The maximum Gasteiger partial charge on any atom is 0.408 e. The minimum Gasteiger partial charge on any atom is -0.349 e. The second-order valence-corrected chi connectivity index (χ2v) is 6.83. The van der Waals surface area contributed by atoms with Crippen LogP contribution in [0.2, 0.25) is 0 Å². The molecule has 25 heavy (non-hydrogen) atoms. The van der Waals surface area contributed by atoms with E-state index in [1.54, 1.807) is 0 Å². The van der Waals surface area contributed by atoms with Gasteiger partial charge in [-0.3, -0.25) is 9.59 Å². The van der Waals surface area contributed by atoms with Crippen molar-refractivity contribution in [1.82, 2.24) is 10.6 Å². The molecule has 1 aliphatic heterocycles. The Morgan fingerprint density at radius 3 is 2.68 bits per heavy atom. The second kappa shape index (κ2) is 6.69. The molecule has 136 valence electrons. The van der Waals surface area contributed by atoms with Crippen molar-refractivity contribution in [2.75, 3.05) is 0 Å². The lowest BCUT2D eigenvalue weighted by Gasteiger charge is -2.32. The van der Waals surface area contributed by atoms with Crippen LogP contribution in [0.15, 0.2) is 18.2 Å². The average molecular weight is 354 g/mol. The van der Waals surface area contributed by atoms with E-state index in [4.69, 9.17) is 0 Å². The molecule has 3 rings (SSSR count). The van der Waals surface area contributed by atoms with E-state index in [2.05, 4.69) is 5.32 Å². The summed E-state index contributed by atoms with van der Waals surface area (Å²) in [7, 11) is 0. The summed E-state index contributed by atoms with van der Waals surface area (Å²) in [5, 5.41) is 4.80. The van der Waals surface area contributed by atoms with Crippen molar-refractivity contribution in [2.45, 2.75) is 57.3 Å². The predicted molar refractivity (Wildman–Crippen MR) is 85.7 cm³/mol. The minimum absolute atomic E-state index is 0.0881. The van der Waals surface area contributed by atoms with Gasteiger partial charge in [0.2, 0.25) is 11.8 Å². The summed E-state index contributed by atoms with van der Waals surface area (Å²) in [5.41, 5.74) is 3.42. The molecule has 3 atom stereocenters. The van der Waals surface area contributed by atoms with E-state index in [0.717, 1.165) is 24.8 Å². The van der Waals surface area contributed by atoms with Gasteiger partial charge in [0.1, 0.15) is 12.0 Å². The molecule has 0 saturated carbocycles. The number of amides is 2. The normalized spacial score (nSPS) is 26.6. The number of halogens is 3. The number of hydrogen-bond acceptors (Lipinski definition) is 2. The standard InChI is InChI=1S/C18H21F3N2O2/c1-10-4-2-6-12-11(10)5-3-7-14(12)22-16(24)13-8-9-15(18(19,20)21)23-17(13)25/h2,4,6,13-15H,3,5,7-9H2,1H3,(H,22,24)(H,23,25). The molecule has 2 N–H and O–H groups in total. The molecule has 4 nitrogen and oxygen atoms in total. The summed E-state index contributed by atoms with van der Waals surface area (Å²) in [6, 6.07) is 3.87. The molecule has 7 heteroatoms. The number of fused-ring (bicyclic) bond motifs is 1. The number of hydrogen-bond donors (Lipinski definition) is 2. The van der Waals surface area contributed by atoms with Crippen LogP contribution >= 0.6 is 0 Å². The lowest BCUT2D eigenvalue weighted by molar-refractivity contribution is -0.171. The lowest BCUT2D eigenvalue weighted by Crippen LogP contribution is -2.54. The number of alkyl halides is 3. The van der Waals surface area contributed by atoms with Crippen LogP contribution in [0, 0.1) is 12.8 Å². The van der Waals surface area contributed by atoms with Crippen LogP contribution in [0.3, 0.4) is 0 Å². The summed E-state index contributed by atoms with van der Waals surface area (Å²) >= 11 is 0. The SMILES string of the molecule is Cc1cccc2c1CCCC2NC(=O)C1CCC(C(F)(F)F)NC1=O. The van der Waals surface area contributed by atoms with E-state index >= 15 is 0 Å². The van der Waals surface area contributed by atoms with Crippen LogP contribution < -0.4 is 10.6 Å². The second-order valence-electron chi connectivity index (χ2n) is 6.83. The number of carbonyl (C=O) groups is 2. The summed E-state index contributed by atoms with van der Waals surface area (Å²) in [5.74, 6) is -2.39. The Bertz CT molecular complexity index is 687. The first-order chi connectivity index (χ1) is 11.8. The number of aryl methyl sites for hydroxylation is 1. The van der Waals surface area contributed by atoms with Gasteiger partial charge in [0.25, 0.3) is 0 Å². The molecular weight excluding hydrogens is 333 g/mol. The zero-order chi connectivity index (χ0) is 18.2. The first-order valence-electron chi connectivity index (χ1n) is 8.53. The molecule has 0 radical (unpaired) electrons. The molecule has 0 bridgehead atoms. The summed E-state index contributed by atoms with van der Waals surface area (Å²) in [6.45, 7) is 2.02. The maximum atomic E-state index is 12.7. The van der Waals surface area contributed by atoms with E-state index in [9.17, 15) is 22.8 Å². The molecule has 1 aromatic carbocycles. The summed E-state index contributed by atoms with van der Waals surface area (Å²) in [6.07, 6.45) is -2.19.